The SMILES string of the molecule is CCCCCCCCCCCOC(=O)CCCCCN(CCCCOC(=O)CCC(OCCCCCCCC)OCCCCCCCC)CCN(CCC)CCC. The van der Waals surface area contributed by atoms with Crippen LogP contribution in [-0.2, 0) is 28.5 Å². The van der Waals surface area contributed by atoms with Crippen LogP contribution >= 0.6 is 0 Å². The Labute approximate surface area is 355 Å². The first-order valence-electron chi connectivity index (χ1n) is 25.0. The number of nitrogens with zero attached hydrogens (tertiary/aromatic N) is 2. The highest BCUT2D eigenvalue weighted by atomic mass is 16.7. The van der Waals surface area contributed by atoms with E-state index in [1.807, 2.05) is 0 Å². The summed E-state index contributed by atoms with van der Waals surface area (Å²) < 4.78 is 23.4. The van der Waals surface area contributed by atoms with Crippen molar-refractivity contribution < 1.29 is 28.5 Å². The van der Waals surface area contributed by atoms with Crippen molar-refractivity contribution in [2.45, 2.75) is 240 Å². The fraction of sp³-hybridized carbons (Fsp3) is 0.959. The summed E-state index contributed by atoms with van der Waals surface area (Å²) in [5.74, 6) is -0.183. The third kappa shape index (κ3) is 41.3. The van der Waals surface area contributed by atoms with Crippen LogP contribution in [-0.4, -0.2) is 93.7 Å². The van der Waals surface area contributed by atoms with Gasteiger partial charge in [-0.15, -0.1) is 0 Å². The van der Waals surface area contributed by atoms with E-state index in [4.69, 9.17) is 18.9 Å². The van der Waals surface area contributed by atoms with E-state index < -0.39 is 0 Å². The van der Waals surface area contributed by atoms with Crippen LogP contribution in [0.2, 0.25) is 0 Å². The summed E-state index contributed by atoms with van der Waals surface area (Å²) in [7, 11) is 0. The molecule has 0 radical (unpaired) electrons. The molecule has 0 unspecified atom stereocenters. The fourth-order valence-corrected chi connectivity index (χ4v) is 7.38. The lowest BCUT2D eigenvalue weighted by Crippen LogP contribution is -2.37. The average Bonchev–Trinajstić information content (AvgIpc) is 3.21. The number of carbonyl (C=O) groups excluding carboxylic acids is 2. The van der Waals surface area contributed by atoms with Gasteiger partial charge in [0, 0.05) is 39.1 Å². The maximum absolute atomic E-state index is 12.7. The summed E-state index contributed by atoms with van der Waals surface area (Å²) in [5.41, 5.74) is 0. The van der Waals surface area contributed by atoms with Gasteiger partial charge >= 0.3 is 11.9 Å². The van der Waals surface area contributed by atoms with E-state index in [2.05, 4.69) is 44.4 Å². The number of rotatable bonds is 47. The van der Waals surface area contributed by atoms with Gasteiger partial charge in [-0.25, -0.2) is 0 Å². The highest BCUT2D eigenvalue weighted by Gasteiger charge is 2.14. The van der Waals surface area contributed by atoms with Crippen molar-refractivity contribution in [3.63, 3.8) is 0 Å². The van der Waals surface area contributed by atoms with E-state index in [-0.39, 0.29) is 18.2 Å². The lowest BCUT2D eigenvalue weighted by Gasteiger charge is -2.27. The van der Waals surface area contributed by atoms with Crippen molar-refractivity contribution in [3.8, 4) is 0 Å². The molecule has 0 aliphatic heterocycles. The molecule has 0 rings (SSSR count). The van der Waals surface area contributed by atoms with E-state index in [0.29, 0.717) is 45.7 Å². The minimum absolute atomic E-state index is 0.0346. The zero-order valence-corrected chi connectivity index (χ0v) is 38.9. The smallest absolute Gasteiger partial charge is 0.305 e. The molecule has 0 amide bonds. The van der Waals surface area contributed by atoms with E-state index in [1.54, 1.807) is 0 Å². The summed E-state index contributed by atoms with van der Waals surface area (Å²) in [6, 6.07) is 0. The molecule has 0 aromatic rings. The van der Waals surface area contributed by atoms with Gasteiger partial charge in [0.05, 0.1) is 19.6 Å². The van der Waals surface area contributed by atoms with Crippen LogP contribution in [0.4, 0.5) is 0 Å². The molecule has 0 aliphatic rings. The normalized spacial score (nSPS) is 11.7. The van der Waals surface area contributed by atoms with Crippen molar-refractivity contribution in [2.75, 3.05) is 65.7 Å². The number of carbonyl (C=O) groups is 2. The van der Waals surface area contributed by atoms with E-state index in [9.17, 15) is 9.59 Å². The van der Waals surface area contributed by atoms with E-state index >= 15 is 0 Å². The molecule has 0 aliphatic carbocycles. The Balaban J connectivity index is 4.50. The number of unbranched alkanes of at least 4 members (excludes halogenated alkanes) is 21. The van der Waals surface area contributed by atoms with E-state index in [0.717, 1.165) is 97.1 Å². The van der Waals surface area contributed by atoms with Crippen LogP contribution in [0.15, 0.2) is 0 Å². The summed E-state index contributed by atoms with van der Waals surface area (Å²) in [5, 5.41) is 0. The number of hydrogen-bond acceptors (Lipinski definition) is 8. The molecule has 0 bridgehead atoms. The molecule has 57 heavy (non-hydrogen) atoms. The summed E-state index contributed by atoms with van der Waals surface area (Å²) >= 11 is 0. The van der Waals surface area contributed by atoms with Crippen LogP contribution in [0.25, 0.3) is 0 Å². The molecule has 0 atom stereocenters. The lowest BCUT2D eigenvalue weighted by molar-refractivity contribution is -0.159. The Bertz CT molecular complexity index is 806. The second kappa shape index (κ2) is 45.9. The van der Waals surface area contributed by atoms with Gasteiger partial charge in [0.25, 0.3) is 0 Å². The molecule has 8 nitrogen and oxygen atoms in total. The van der Waals surface area contributed by atoms with Gasteiger partial charge in [0.2, 0.25) is 0 Å². The Morgan fingerprint density at radius 2 is 0.702 bits per heavy atom. The monoisotopic (exact) mass is 811 g/mol. The quantitative estimate of drug-likeness (QED) is 0.0342. The second-order valence-electron chi connectivity index (χ2n) is 16.7. The third-order valence-corrected chi connectivity index (χ3v) is 11.0. The van der Waals surface area contributed by atoms with Crippen molar-refractivity contribution in [1.29, 1.82) is 0 Å². The number of esters is 2. The first-order chi connectivity index (χ1) is 28.0. The Morgan fingerprint density at radius 3 is 1.16 bits per heavy atom. The lowest BCUT2D eigenvalue weighted by atomic mass is 10.1. The predicted molar refractivity (Wildman–Crippen MR) is 242 cm³/mol. The highest BCUT2D eigenvalue weighted by molar-refractivity contribution is 5.69. The van der Waals surface area contributed by atoms with Crippen LogP contribution < -0.4 is 0 Å². The molecule has 0 saturated heterocycles. The molecule has 0 aromatic carbocycles. The van der Waals surface area contributed by atoms with Crippen molar-refractivity contribution in [1.82, 2.24) is 9.80 Å². The third-order valence-electron chi connectivity index (χ3n) is 11.0. The van der Waals surface area contributed by atoms with Gasteiger partial charge in [-0.2, -0.15) is 0 Å². The predicted octanol–water partition coefficient (Wildman–Crippen LogP) is 13.2. The zero-order valence-electron chi connectivity index (χ0n) is 38.9. The minimum Gasteiger partial charge on any atom is -0.466 e. The zero-order chi connectivity index (χ0) is 41.7. The largest absolute Gasteiger partial charge is 0.466 e. The Kier molecular flexibility index (Phi) is 44.9. The van der Waals surface area contributed by atoms with Crippen molar-refractivity contribution in [2.24, 2.45) is 0 Å². The number of ether oxygens (including phenoxy) is 4. The maximum Gasteiger partial charge on any atom is 0.305 e. The number of hydrogen-bond donors (Lipinski definition) is 0. The maximum atomic E-state index is 12.7. The van der Waals surface area contributed by atoms with Gasteiger partial charge in [-0.1, -0.05) is 157 Å². The molecule has 340 valence electrons. The standard InChI is InChI=1S/C49H98N2O6/c1-6-11-14-17-20-21-22-25-30-43-54-47(52)34-27-26-28-39-51(42-41-50(37-9-4)38-10-5)40-29-33-44-55-48(53)35-36-49(56-45-31-23-18-15-12-7-2)57-46-32-24-19-16-13-8-3/h49H,6-46H2,1-5H3. The van der Waals surface area contributed by atoms with Crippen LogP contribution in [0.1, 0.15) is 234 Å². The molecule has 0 aromatic heterocycles. The minimum atomic E-state index is -0.326. The first-order valence-corrected chi connectivity index (χ1v) is 25.0. The van der Waals surface area contributed by atoms with Gasteiger partial charge in [0.1, 0.15) is 0 Å². The van der Waals surface area contributed by atoms with Gasteiger partial charge in [0.15, 0.2) is 6.29 Å². The molecule has 0 spiro atoms. The van der Waals surface area contributed by atoms with Gasteiger partial charge in [-0.3, -0.25) is 9.59 Å². The molecule has 0 fully saturated rings. The summed E-state index contributed by atoms with van der Waals surface area (Å²) in [4.78, 5) is 30.2. The topological polar surface area (TPSA) is 77.5 Å². The summed E-state index contributed by atoms with van der Waals surface area (Å²) in [6.45, 7) is 20.2. The van der Waals surface area contributed by atoms with Crippen molar-refractivity contribution in [3.05, 3.63) is 0 Å². The molecular weight excluding hydrogens is 713 g/mol. The van der Waals surface area contributed by atoms with Gasteiger partial charge < -0.3 is 28.7 Å². The van der Waals surface area contributed by atoms with Gasteiger partial charge in [-0.05, 0) is 84.0 Å². The molecular formula is C49H98N2O6. The van der Waals surface area contributed by atoms with Crippen LogP contribution in [0.3, 0.4) is 0 Å². The molecule has 8 heteroatoms. The van der Waals surface area contributed by atoms with Crippen LogP contribution in [0, 0.1) is 0 Å². The highest BCUT2D eigenvalue weighted by Crippen LogP contribution is 2.13. The molecule has 0 heterocycles. The first kappa shape index (κ1) is 55.8. The average molecular weight is 811 g/mol. The Hall–Kier alpha value is -1.22. The summed E-state index contributed by atoms with van der Waals surface area (Å²) in [6.07, 6.45) is 34.5. The fourth-order valence-electron chi connectivity index (χ4n) is 7.38. The Morgan fingerprint density at radius 1 is 0.351 bits per heavy atom. The molecule has 0 N–H and O–H groups in total. The van der Waals surface area contributed by atoms with Crippen molar-refractivity contribution >= 4 is 11.9 Å². The van der Waals surface area contributed by atoms with E-state index in [1.165, 1.54) is 122 Å². The van der Waals surface area contributed by atoms with Crippen LogP contribution in [0.5, 0.6) is 0 Å². The second-order valence-corrected chi connectivity index (χ2v) is 16.7. The molecule has 0 saturated carbocycles.